The quantitative estimate of drug-likeness (QED) is 0.289. The smallest absolute Gasteiger partial charge is 0.450 e. The molecule has 0 bridgehead atoms. The Morgan fingerprint density at radius 2 is 2.08 bits per heavy atom. The van der Waals surface area contributed by atoms with Crippen LogP contribution in [0.1, 0.15) is 0 Å². The van der Waals surface area contributed by atoms with E-state index in [1.807, 2.05) is 0 Å². The fourth-order valence-electron chi connectivity index (χ4n) is 0.425. The van der Waals surface area contributed by atoms with Crippen molar-refractivity contribution < 1.29 is 15.0 Å². The van der Waals surface area contributed by atoms with Gasteiger partial charge in [0.05, 0.1) is 0 Å². The standard InChI is InChI=1S/C4H6N4O.CH2O3/c5-6-3-1-2-4(9)8-7-3;2-1(3)4/h1-2H,5H2,(H,6,7)(H,8,9);(H2,2,3,4). The lowest BCUT2D eigenvalue weighted by molar-refractivity contribution is 0.137. The molecule has 0 saturated carbocycles. The molecule has 1 aromatic heterocycles. The second-order valence-corrected chi connectivity index (χ2v) is 1.73. The van der Waals surface area contributed by atoms with Crippen molar-refractivity contribution >= 4 is 12.0 Å². The predicted molar refractivity (Wildman–Crippen MR) is 43.3 cm³/mol. The Hall–Kier alpha value is -2.09. The zero-order valence-corrected chi connectivity index (χ0v) is 6.39. The molecule has 0 saturated heterocycles. The van der Waals surface area contributed by atoms with Crippen LogP contribution in [0, 0.1) is 0 Å². The number of hydrogen-bond acceptors (Lipinski definition) is 5. The van der Waals surface area contributed by atoms with Crippen LogP contribution in [0.25, 0.3) is 0 Å². The normalized spacial score (nSPS) is 8.08. The van der Waals surface area contributed by atoms with E-state index in [-0.39, 0.29) is 5.56 Å². The van der Waals surface area contributed by atoms with Gasteiger partial charge in [-0.15, -0.1) is 0 Å². The van der Waals surface area contributed by atoms with Gasteiger partial charge in [-0.1, -0.05) is 0 Å². The number of aromatic nitrogens is 2. The Kier molecular flexibility index (Phi) is 4.65. The maximum Gasteiger partial charge on any atom is 0.503 e. The molecule has 6 N–H and O–H groups in total. The molecule has 0 spiro atoms. The molecule has 8 nitrogen and oxygen atoms in total. The molecule has 1 heterocycles. The molecule has 1 aromatic rings. The van der Waals surface area contributed by atoms with Crippen molar-refractivity contribution in [2.45, 2.75) is 0 Å². The largest absolute Gasteiger partial charge is 0.503 e. The van der Waals surface area contributed by atoms with Gasteiger partial charge in [-0.05, 0) is 6.07 Å². The first-order chi connectivity index (χ1) is 6.06. The molecule has 0 aromatic carbocycles. The third-order valence-electron chi connectivity index (χ3n) is 0.827. The van der Waals surface area contributed by atoms with Crippen LogP contribution in [0.15, 0.2) is 16.9 Å². The summed E-state index contributed by atoms with van der Waals surface area (Å²) in [6, 6.07) is 2.82. The van der Waals surface area contributed by atoms with Crippen LogP contribution in [0.3, 0.4) is 0 Å². The van der Waals surface area contributed by atoms with Crippen LogP contribution in [0.4, 0.5) is 10.6 Å². The van der Waals surface area contributed by atoms with E-state index >= 15 is 0 Å². The van der Waals surface area contributed by atoms with E-state index < -0.39 is 6.16 Å². The number of nitrogens with one attached hydrogen (secondary N) is 2. The lowest BCUT2D eigenvalue weighted by Gasteiger charge is -1.92. The average Bonchev–Trinajstić information content (AvgIpc) is 2.05. The van der Waals surface area contributed by atoms with Crippen molar-refractivity contribution in [3.8, 4) is 0 Å². The second kappa shape index (κ2) is 5.55. The number of carbonyl (C=O) groups is 1. The maximum absolute atomic E-state index is 10.4. The molecule has 8 heteroatoms. The van der Waals surface area contributed by atoms with Gasteiger partial charge >= 0.3 is 6.16 Å². The second-order valence-electron chi connectivity index (χ2n) is 1.73. The third kappa shape index (κ3) is 6.31. The Morgan fingerprint density at radius 3 is 2.38 bits per heavy atom. The fourth-order valence-corrected chi connectivity index (χ4v) is 0.425. The van der Waals surface area contributed by atoms with Gasteiger partial charge in [0.25, 0.3) is 5.56 Å². The molecule has 0 radical (unpaired) electrons. The van der Waals surface area contributed by atoms with E-state index in [1.54, 1.807) is 0 Å². The summed E-state index contributed by atoms with van der Waals surface area (Å²) in [5.41, 5.74) is 2.03. The highest BCUT2D eigenvalue weighted by Crippen LogP contribution is 1.89. The van der Waals surface area contributed by atoms with Gasteiger partial charge in [0.15, 0.2) is 5.82 Å². The summed E-state index contributed by atoms with van der Waals surface area (Å²) in [6.45, 7) is 0. The van der Waals surface area contributed by atoms with Crippen LogP contribution in [-0.4, -0.2) is 26.6 Å². The highest BCUT2D eigenvalue weighted by atomic mass is 16.6. The van der Waals surface area contributed by atoms with E-state index in [0.717, 1.165) is 0 Å². The summed E-state index contributed by atoms with van der Waals surface area (Å²) in [7, 11) is 0. The number of rotatable bonds is 1. The average molecular weight is 188 g/mol. The molecule has 0 aliphatic rings. The van der Waals surface area contributed by atoms with Gasteiger partial charge in [0.1, 0.15) is 0 Å². The highest BCUT2D eigenvalue weighted by Gasteiger charge is 1.85. The topological polar surface area (TPSA) is 141 Å². The van der Waals surface area contributed by atoms with Crippen LogP contribution in [0.2, 0.25) is 0 Å². The Labute approximate surface area is 72.0 Å². The molecule has 0 fully saturated rings. The minimum atomic E-state index is -1.83. The van der Waals surface area contributed by atoms with E-state index in [2.05, 4.69) is 15.6 Å². The number of nitrogens with two attached hydrogens (primary N) is 1. The minimum absolute atomic E-state index is 0.242. The van der Waals surface area contributed by atoms with E-state index in [0.29, 0.717) is 5.82 Å². The van der Waals surface area contributed by atoms with Crippen molar-refractivity contribution in [3.63, 3.8) is 0 Å². The highest BCUT2D eigenvalue weighted by molar-refractivity contribution is 5.53. The van der Waals surface area contributed by atoms with Crippen molar-refractivity contribution in [1.29, 1.82) is 0 Å². The monoisotopic (exact) mass is 188 g/mol. The summed E-state index contributed by atoms with van der Waals surface area (Å²) in [5, 5.41) is 19.7. The number of carboxylic acid groups (broad SMARTS) is 2. The molecule has 0 amide bonds. The van der Waals surface area contributed by atoms with Crippen molar-refractivity contribution in [3.05, 3.63) is 22.5 Å². The van der Waals surface area contributed by atoms with Gasteiger partial charge in [-0.3, -0.25) is 4.79 Å². The Morgan fingerprint density at radius 1 is 1.54 bits per heavy atom. The van der Waals surface area contributed by atoms with Crippen LogP contribution in [0.5, 0.6) is 0 Å². The zero-order valence-electron chi connectivity index (χ0n) is 6.39. The van der Waals surface area contributed by atoms with Gasteiger partial charge in [-0.2, -0.15) is 5.10 Å². The first-order valence-electron chi connectivity index (χ1n) is 3.00. The molecular weight excluding hydrogens is 180 g/mol. The molecule has 0 atom stereocenters. The van der Waals surface area contributed by atoms with Gasteiger partial charge < -0.3 is 15.6 Å². The molecule has 0 aliphatic heterocycles. The van der Waals surface area contributed by atoms with Crippen molar-refractivity contribution in [2.75, 3.05) is 5.43 Å². The lowest BCUT2D eigenvalue weighted by Crippen LogP contribution is -2.13. The molecule has 13 heavy (non-hydrogen) atoms. The number of anilines is 1. The zero-order chi connectivity index (χ0) is 10.3. The van der Waals surface area contributed by atoms with Gasteiger partial charge in [0.2, 0.25) is 0 Å². The van der Waals surface area contributed by atoms with E-state index in [1.165, 1.54) is 12.1 Å². The molecular formula is C5H8N4O4. The third-order valence-corrected chi connectivity index (χ3v) is 0.827. The molecule has 1 rings (SSSR count). The SMILES string of the molecule is NNc1ccc(=O)[nH]n1.O=C(O)O. The number of hydrazine groups is 1. The maximum atomic E-state index is 10.4. The van der Waals surface area contributed by atoms with E-state index in [9.17, 15) is 4.79 Å². The van der Waals surface area contributed by atoms with Gasteiger partial charge in [-0.25, -0.2) is 15.7 Å². The first-order valence-corrected chi connectivity index (χ1v) is 3.00. The van der Waals surface area contributed by atoms with Crippen LogP contribution < -0.4 is 16.8 Å². The number of H-pyrrole nitrogens is 1. The van der Waals surface area contributed by atoms with Crippen LogP contribution in [-0.2, 0) is 0 Å². The summed E-state index contributed by atoms with van der Waals surface area (Å²) >= 11 is 0. The van der Waals surface area contributed by atoms with Crippen molar-refractivity contribution in [2.24, 2.45) is 5.84 Å². The number of hydrogen-bond donors (Lipinski definition) is 5. The van der Waals surface area contributed by atoms with Crippen LogP contribution >= 0.6 is 0 Å². The number of nitrogen functional groups attached to an aromatic ring is 1. The lowest BCUT2D eigenvalue weighted by atomic mass is 10.5. The summed E-state index contributed by atoms with van der Waals surface area (Å²) in [4.78, 5) is 18.9. The molecule has 72 valence electrons. The molecule has 0 unspecified atom stereocenters. The number of aromatic amines is 1. The van der Waals surface area contributed by atoms with Crippen molar-refractivity contribution in [1.82, 2.24) is 10.2 Å². The first kappa shape index (κ1) is 10.9. The Bertz CT molecular complexity index is 298. The summed E-state index contributed by atoms with van der Waals surface area (Å²) < 4.78 is 0. The minimum Gasteiger partial charge on any atom is -0.450 e. The van der Waals surface area contributed by atoms with E-state index in [4.69, 9.17) is 20.9 Å². The Balaban J connectivity index is 0.000000310. The summed E-state index contributed by atoms with van der Waals surface area (Å²) in [6.07, 6.45) is -1.83. The van der Waals surface area contributed by atoms with Gasteiger partial charge in [0, 0.05) is 6.07 Å². The summed E-state index contributed by atoms with van der Waals surface area (Å²) in [5.74, 6) is 5.40. The number of nitrogens with zero attached hydrogens (tertiary/aromatic N) is 1. The fraction of sp³-hybridized carbons (Fsp3) is 0. The molecule has 0 aliphatic carbocycles. The predicted octanol–water partition coefficient (Wildman–Crippen LogP) is -0.722.